The van der Waals surface area contributed by atoms with E-state index in [1.165, 1.54) is 5.01 Å². The molecule has 0 aliphatic carbocycles. The molecule has 1 atom stereocenters. The van der Waals surface area contributed by atoms with Crippen LogP contribution in [0.4, 0.5) is 0 Å². The topological polar surface area (TPSA) is 46.3 Å². The number of nitrogens with two attached hydrogens (primary N) is 1. The van der Waals surface area contributed by atoms with E-state index in [0.29, 0.717) is 6.41 Å². The molecule has 0 aliphatic heterocycles. The summed E-state index contributed by atoms with van der Waals surface area (Å²) in [6, 6.07) is 0.160. The van der Waals surface area contributed by atoms with Crippen molar-refractivity contribution in [1.82, 2.24) is 5.01 Å². The summed E-state index contributed by atoms with van der Waals surface area (Å²) in [5.74, 6) is 5.19. The van der Waals surface area contributed by atoms with Crippen molar-refractivity contribution in [3.63, 3.8) is 0 Å². The lowest BCUT2D eigenvalue weighted by molar-refractivity contribution is -0.120. The molecule has 48 valence electrons. The predicted molar refractivity (Wildman–Crippen MR) is 31.8 cm³/mol. The van der Waals surface area contributed by atoms with Crippen molar-refractivity contribution in [3.8, 4) is 0 Å². The molecule has 0 rings (SSSR count). The molecule has 0 aromatic carbocycles. The summed E-state index contributed by atoms with van der Waals surface area (Å²) in [5, 5.41) is 1.17. The molecular weight excluding hydrogens is 104 g/mol. The summed E-state index contributed by atoms with van der Waals surface area (Å²) >= 11 is 0. The Bertz CT molecular complexity index is 74.8. The summed E-state index contributed by atoms with van der Waals surface area (Å²) in [5.41, 5.74) is 0. The second-order valence-electron chi connectivity index (χ2n) is 1.81. The van der Waals surface area contributed by atoms with Crippen LogP contribution >= 0.6 is 0 Å². The van der Waals surface area contributed by atoms with Crippen molar-refractivity contribution in [1.29, 1.82) is 0 Å². The second kappa shape index (κ2) is 3.43. The van der Waals surface area contributed by atoms with E-state index >= 15 is 0 Å². The third kappa shape index (κ3) is 1.93. The first-order valence-electron chi connectivity index (χ1n) is 2.70. The Morgan fingerprint density at radius 1 is 1.88 bits per heavy atom. The van der Waals surface area contributed by atoms with Gasteiger partial charge in [0.15, 0.2) is 0 Å². The van der Waals surface area contributed by atoms with E-state index < -0.39 is 0 Å². The average Bonchev–Trinajstić information content (AvgIpc) is 1.84. The van der Waals surface area contributed by atoms with Crippen LogP contribution in [-0.2, 0) is 4.79 Å². The number of carbonyl (C=O) groups excluding carboxylic acids is 1. The number of amides is 1. The standard InChI is InChI=1S/C5H12N2O/c1-3-5(2)7(6)4-8/h4-5H,3,6H2,1-2H3. The molecule has 3 heteroatoms. The summed E-state index contributed by atoms with van der Waals surface area (Å²) < 4.78 is 0. The molecule has 0 spiro atoms. The van der Waals surface area contributed by atoms with Gasteiger partial charge in [-0.15, -0.1) is 0 Å². The van der Waals surface area contributed by atoms with E-state index in [0.717, 1.165) is 6.42 Å². The lowest BCUT2D eigenvalue weighted by Gasteiger charge is -2.16. The maximum absolute atomic E-state index is 9.91. The number of rotatable bonds is 3. The molecule has 8 heavy (non-hydrogen) atoms. The third-order valence-corrected chi connectivity index (χ3v) is 1.22. The van der Waals surface area contributed by atoms with E-state index in [4.69, 9.17) is 5.84 Å². The van der Waals surface area contributed by atoms with Gasteiger partial charge in [0, 0.05) is 6.04 Å². The highest BCUT2D eigenvalue weighted by Crippen LogP contribution is 1.92. The van der Waals surface area contributed by atoms with Gasteiger partial charge in [-0.25, -0.2) is 5.84 Å². The number of hydrogen-bond acceptors (Lipinski definition) is 2. The largest absolute Gasteiger partial charge is 0.281 e. The van der Waals surface area contributed by atoms with Crippen LogP contribution in [0.25, 0.3) is 0 Å². The fourth-order valence-electron chi connectivity index (χ4n) is 0.315. The number of hydrazine groups is 1. The van der Waals surface area contributed by atoms with E-state index in [1.807, 2.05) is 13.8 Å². The average molecular weight is 116 g/mol. The van der Waals surface area contributed by atoms with Crippen LogP contribution in [-0.4, -0.2) is 17.5 Å². The van der Waals surface area contributed by atoms with Crippen LogP contribution in [0.1, 0.15) is 20.3 Å². The van der Waals surface area contributed by atoms with E-state index in [-0.39, 0.29) is 6.04 Å². The number of hydrogen-bond donors (Lipinski definition) is 1. The third-order valence-electron chi connectivity index (χ3n) is 1.22. The molecule has 0 bridgehead atoms. The molecule has 3 nitrogen and oxygen atoms in total. The zero-order valence-electron chi connectivity index (χ0n) is 5.29. The SMILES string of the molecule is CCC(C)N(N)C=O. The molecule has 0 radical (unpaired) electrons. The van der Waals surface area contributed by atoms with Crippen molar-refractivity contribution in [2.75, 3.05) is 0 Å². The first-order chi connectivity index (χ1) is 3.72. The lowest BCUT2D eigenvalue weighted by atomic mass is 10.3. The fraction of sp³-hybridized carbons (Fsp3) is 0.800. The summed E-state index contributed by atoms with van der Waals surface area (Å²) in [4.78, 5) is 9.91. The smallest absolute Gasteiger partial charge is 0.223 e. The number of carbonyl (C=O) groups is 1. The Hall–Kier alpha value is -0.570. The first kappa shape index (κ1) is 7.43. The van der Waals surface area contributed by atoms with E-state index in [9.17, 15) is 4.79 Å². The van der Waals surface area contributed by atoms with Crippen LogP contribution in [0.5, 0.6) is 0 Å². The van der Waals surface area contributed by atoms with Crippen molar-refractivity contribution >= 4 is 6.41 Å². The van der Waals surface area contributed by atoms with Crippen LogP contribution in [0.15, 0.2) is 0 Å². The molecule has 0 heterocycles. The van der Waals surface area contributed by atoms with Crippen LogP contribution in [0, 0.1) is 0 Å². The van der Waals surface area contributed by atoms with Crippen LogP contribution in [0.3, 0.4) is 0 Å². The molecular formula is C5H12N2O. The Balaban J connectivity index is 3.44. The minimum Gasteiger partial charge on any atom is -0.281 e. The van der Waals surface area contributed by atoms with Gasteiger partial charge in [-0.05, 0) is 13.3 Å². The highest BCUT2D eigenvalue weighted by atomic mass is 16.1. The van der Waals surface area contributed by atoms with Crippen molar-refractivity contribution in [3.05, 3.63) is 0 Å². The summed E-state index contributed by atoms with van der Waals surface area (Å²) in [7, 11) is 0. The van der Waals surface area contributed by atoms with Gasteiger partial charge < -0.3 is 0 Å². The van der Waals surface area contributed by atoms with Gasteiger partial charge >= 0.3 is 0 Å². The minimum atomic E-state index is 0.160. The highest BCUT2D eigenvalue weighted by molar-refractivity contribution is 5.46. The number of nitrogens with zero attached hydrogens (tertiary/aromatic N) is 1. The molecule has 0 aromatic rings. The van der Waals surface area contributed by atoms with Gasteiger partial charge in [0.1, 0.15) is 0 Å². The van der Waals surface area contributed by atoms with Gasteiger partial charge in [-0.1, -0.05) is 6.92 Å². The Labute approximate surface area is 49.4 Å². The zero-order valence-corrected chi connectivity index (χ0v) is 5.29. The van der Waals surface area contributed by atoms with E-state index in [2.05, 4.69) is 0 Å². The Morgan fingerprint density at radius 2 is 2.38 bits per heavy atom. The monoisotopic (exact) mass is 116 g/mol. The maximum atomic E-state index is 9.91. The van der Waals surface area contributed by atoms with Gasteiger partial charge in [0.05, 0.1) is 0 Å². The predicted octanol–water partition coefficient (Wildman–Crippen LogP) is 0.117. The zero-order chi connectivity index (χ0) is 6.57. The van der Waals surface area contributed by atoms with Gasteiger partial charge in [0.2, 0.25) is 6.41 Å². The fourth-order valence-corrected chi connectivity index (χ4v) is 0.315. The summed E-state index contributed by atoms with van der Waals surface area (Å²) in [6.07, 6.45) is 1.53. The minimum absolute atomic E-state index is 0.160. The molecule has 0 fully saturated rings. The Morgan fingerprint density at radius 3 is 2.50 bits per heavy atom. The lowest BCUT2D eigenvalue weighted by Crippen LogP contribution is -2.37. The molecule has 1 amide bonds. The summed E-state index contributed by atoms with van der Waals surface area (Å²) in [6.45, 7) is 3.88. The van der Waals surface area contributed by atoms with Crippen LogP contribution < -0.4 is 5.84 Å². The normalized spacial score (nSPS) is 12.9. The Kier molecular flexibility index (Phi) is 3.19. The molecule has 1 unspecified atom stereocenters. The van der Waals surface area contributed by atoms with Gasteiger partial charge in [-0.2, -0.15) is 0 Å². The second-order valence-corrected chi connectivity index (χ2v) is 1.81. The molecule has 0 aromatic heterocycles. The van der Waals surface area contributed by atoms with Crippen LogP contribution in [0.2, 0.25) is 0 Å². The molecule has 0 saturated carbocycles. The maximum Gasteiger partial charge on any atom is 0.223 e. The van der Waals surface area contributed by atoms with Crippen molar-refractivity contribution in [2.24, 2.45) is 5.84 Å². The van der Waals surface area contributed by atoms with Crippen molar-refractivity contribution < 1.29 is 4.79 Å². The first-order valence-corrected chi connectivity index (χ1v) is 2.70. The quantitative estimate of drug-likeness (QED) is 0.246. The molecule has 2 N–H and O–H groups in total. The molecule has 0 aliphatic rings. The van der Waals surface area contributed by atoms with Crippen molar-refractivity contribution in [2.45, 2.75) is 26.3 Å². The van der Waals surface area contributed by atoms with Gasteiger partial charge in [-0.3, -0.25) is 9.80 Å². The van der Waals surface area contributed by atoms with Gasteiger partial charge in [0.25, 0.3) is 0 Å². The van der Waals surface area contributed by atoms with E-state index in [1.54, 1.807) is 0 Å². The molecule has 0 saturated heterocycles. The highest BCUT2D eigenvalue weighted by Gasteiger charge is 2.01.